The maximum atomic E-state index is 14.1. The minimum Gasteiger partial charge on any atom is -0.447 e. The second kappa shape index (κ2) is 10.3. The normalized spacial score (nSPS) is 12.2. The van der Waals surface area contributed by atoms with Gasteiger partial charge in [-0.15, -0.1) is 0 Å². The van der Waals surface area contributed by atoms with Gasteiger partial charge in [-0.1, -0.05) is 43.3 Å². The summed E-state index contributed by atoms with van der Waals surface area (Å²) in [5.74, 6) is -1.05. The van der Waals surface area contributed by atoms with Gasteiger partial charge in [-0.25, -0.2) is 13.8 Å². The van der Waals surface area contributed by atoms with Crippen LogP contribution in [0.25, 0.3) is 0 Å². The summed E-state index contributed by atoms with van der Waals surface area (Å²) in [6.07, 6.45) is 2.18. The number of rotatable bonds is 9. The van der Waals surface area contributed by atoms with E-state index in [0.717, 1.165) is 18.1 Å². The van der Waals surface area contributed by atoms with Gasteiger partial charge in [0, 0.05) is 37.8 Å². The van der Waals surface area contributed by atoms with Crippen molar-refractivity contribution in [2.24, 2.45) is 0 Å². The standard InChI is InChI=1S/C24H27F2N3O2/c1-4-17(2)29(14-19-10-11-20(25)12-21(19)26)15-23-27-22(16-31-23)24(30)28(3)13-18-8-6-5-7-9-18/h5-12,16-17H,4,13-15H2,1-3H3. The Labute approximate surface area is 181 Å². The molecule has 0 spiro atoms. The number of nitrogens with zero attached hydrogens (tertiary/aromatic N) is 3. The molecular formula is C24H27F2N3O2. The molecule has 1 unspecified atom stereocenters. The molecule has 1 heterocycles. The van der Waals surface area contributed by atoms with Gasteiger partial charge in [0.05, 0.1) is 6.54 Å². The lowest BCUT2D eigenvalue weighted by Gasteiger charge is -2.27. The Morgan fingerprint density at radius 3 is 2.52 bits per heavy atom. The molecule has 3 aromatic rings. The second-order valence-corrected chi connectivity index (χ2v) is 7.67. The smallest absolute Gasteiger partial charge is 0.275 e. The van der Waals surface area contributed by atoms with Crippen LogP contribution in [0, 0.1) is 11.6 Å². The van der Waals surface area contributed by atoms with Gasteiger partial charge in [0.25, 0.3) is 5.91 Å². The van der Waals surface area contributed by atoms with Gasteiger partial charge in [0.1, 0.15) is 17.9 Å². The second-order valence-electron chi connectivity index (χ2n) is 7.67. The summed E-state index contributed by atoms with van der Waals surface area (Å²) in [5, 5.41) is 0. The molecule has 3 rings (SSSR count). The SMILES string of the molecule is CCC(C)N(Cc1nc(C(=O)N(C)Cc2ccccc2)co1)Cc1ccc(F)cc1F. The largest absolute Gasteiger partial charge is 0.447 e. The molecule has 0 aliphatic heterocycles. The molecule has 31 heavy (non-hydrogen) atoms. The number of hydrogen-bond donors (Lipinski definition) is 0. The highest BCUT2D eigenvalue weighted by Gasteiger charge is 2.21. The van der Waals surface area contributed by atoms with E-state index in [1.54, 1.807) is 11.9 Å². The van der Waals surface area contributed by atoms with Gasteiger partial charge in [-0.2, -0.15) is 0 Å². The van der Waals surface area contributed by atoms with E-state index in [-0.39, 0.29) is 24.2 Å². The van der Waals surface area contributed by atoms with Crippen LogP contribution < -0.4 is 0 Å². The summed E-state index contributed by atoms with van der Waals surface area (Å²) in [5.41, 5.74) is 1.64. The van der Waals surface area contributed by atoms with Gasteiger partial charge in [0.15, 0.2) is 5.69 Å². The molecule has 0 saturated carbocycles. The molecule has 2 aromatic carbocycles. The fraction of sp³-hybridized carbons (Fsp3) is 0.333. The van der Waals surface area contributed by atoms with Crippen molar-refractivity contribution in [1.29, 1.82) is 0 Å². The van der Waals surface area contributed by atoms with Crippen LogP contribution >= 0.6 is 0 Å². The monoisotopic (exact) mass is 427 g/mol. The van der Waals surface area contributed by atoms with Crippen LogP contribution in [0.2, 0.25) is 0 Å². The van der Waals surface area contributed by atoms with Crippen molar-refractivity contribution in [3.05, 3.63) is 89.1 Å². The van der Waals surface area contributed by atoms with E-state index in [1.165, 1.54) is 18.4 Å². The molecule has 1 aromatic heterocycles. The lowest BCUT2D eigenvalue weighted by atomic mass is 10.1. The number of benzene rings is 2. The van der Waals surface area contributed by atoms with Crippen molar-refractivity contribution in [2.45, 2.75) is 45.9 Å². The Bertz CT molecular complexity index is 1010. The molecular weight excluding hydrogens is 400 g/mol. The lowest BCUT2D eigenvalue weighted by Crippen LogP contribution is -2.32. The van der Waals surface area contributed by atoms with E-state index in [1.807, 2.05) is 49.1 Å². The fourth-order valence-electron chi connectivity index (χ4n) is 3.27. The molecule has 1 amide bonds. The van der Waals surface area contributed by atoms with Gasteiger partial charge >= 0.3 is 0 Å². The number of halogens is 2. The topological polar surface area (TPSA) is 49.6 Å². The van der Waals surface area contributed by atoms with Gasteiger partial charge in [-0.05, 0) is 25.0 Å². The van der Waals surface area contributed by atoms with Crippen LogP contribution in [0.5, 0.6) is 0 Å². The molecule has 1 atom stereocenters. The van der Waals surface area contributed by atoms with Crippen LogP contribution in [-0.4, -0.2) is 33.8 Å². The molecule has 0 aliphatic rings. The minimum atomic E-state index is -0.605. The third-order valence-electron chi connectivity index (χ3n) is 5.32. The summed E-state index contributed by atoms with van der Waals surface area (Å²) in [6, 6.07) is 13.4. The molecule has 0 aliphatic carbocycles. The zero-order valence-corrected chi connectivity index (χ0v) is 18.0. The Morgan fingerprint density at radius 2 is 1.84 bits per heavy atom. The highest BCUT2D eigenvalue weighted by Crippen LogP contribution is 2.18. The Balaban J connectivity index is 1.69. The molecule has 0 N–H and O–H groups in total. The van der Waals surface area contributed by atoms with Crippen LogP contribution in [0.1, 0.15) is 47.8 Å². The number of carbonyl (C=O) groups excluding carboxylic acids is 1. The van der Waals surface area contributed by atoms with Crippen molar-refractivity contribution < 1.29 is 18.0 Å². The maximum Gasteiger partial charge on any atom is 0.275 e. The molecule has 5 nitrogen and oxygen atoms in total. The summed E-state index contributed by atoms with van der Waals surface area (Å²) in [6.45, 7) is 5.10. The van der Waals surface area contributed by atoms with Gasteiger partial charge in [-0.3, -0.25) is 9.69 Å². The fourth-order valence-corrected chi connectivity index (χ4v) is 3.27. The molecule has 7 heteroatoms. The number of amides is 1. The number of carbonyl (C=O) groups is 1. The van der Waals surface area contributed by atoms with Crippen LogP contribution in [0.3, 0.4) is 0 Å². The number of aromatic nitrogens is 1. The number of oxazole rings is 1. The van der Waals surface area contributed by atoms with Crippen molar-refractivity contribution in [1.82, 2.24) is 14.8 Å². The first-order valence-electron chi connectivity index (χ1n) is 10.3. The first-order valence-corrected chi connectivity index (χ1v) is 10.3. The van der Waals surface area contributed by atoms with E-state index in [4.69, 9.17) is 4.42 Å². The third kappa shape index (κ3) is 5.98. The quantitative estimate of drug-likeness (QED) is 0.481. The predicted octanol–water partition coefficient (Wildman–Crippen LogP) is 5.03. The summed E-state index contributed by atoms with van der Waals surface area (Å²) in [4.78, 5) is 20.6. The summed E-state index contributed by atoms with van der Waals surface area (Å²) in [7, 11) is 1.71. The third-order valence-corrected chi connectivity index (χ3v) is 5.32. The zero-order valence-electron chi connectivity index (χ0n) is 18.0. The van der Waals surface area contributed by atoms with Crippen molar-refractivity contribution >= 4 is 5.91 Å². The summed E-state index contributed by atoms with van der Waals surface area (Å²) >= 11 is 0. The Morgan fingerprint density at radius 1 is 1.10 bits per heavy atom. The molecule has 0 radical (unpaired) electrons. The van der Waals surface area contributed by atoms with Crippen molar-refractivity contribution in [2.75, 3.05) is 7.05 Å². The first-order chi connectivity index (χ1) is 14.9. The lowest BCUT2D eigenvalue weighted by molar-refractivity contribution is 0.0779. The van der Waals surface area contributed by atoms with Crippen molar-refractivity contribution in [3.8, 4) is 0 Å². The molecule has 0 fully saturated rings. The van der Waals surface area contributed by atoms with Crippen LogP contribution in [0.15, 0.2) is 59.2 Å². The predicted molar refractivity (Wildman–Crippen MR) is 114 cm³/mol. The van der Waals surface area contributed by atoms with E-state index >= 15 is 0 Å². The van der Waals surface area contributed by atoms with E-state index in [0.29, 0.717) is 24.5 Å². The minimum absolute atomic E-state index is 0.108. The average Bonchev–Trinajstić information content (AvgIpc) is 3.23. The highest BCUT2D eigenvalue weighted by atomic mass is 19.1. The first kappa shape index (κ1) is 22.6. The van der Waals surface area contributed by atoms with Crippen LogP contribution in [0.4, 0.5) is 8.78 Å². The molecule has 164 valence electrons. The van der Waals surface area contributed by atoms with E-state index in [9.17, 15) is 13.6 Å². The van der Waals surface area contributed by atoms with Gasteiger partial charge < -0.3 is 9.32 Å². The maximum absolute atomic E-state index is 14.1. The number of hydrogen-bond acceptors (Lipinski definition) is 4. The Hall–Kier alpha value is -3.06. The molecule has 0 saturated heterocycles. The van der Waals surface area contributed by atoms with Gasteiger partial charge in [0.2, 0.25) is 5.89 Å². The van der Waals surface area contributed by atoms with E-state index in [2.05, 4.69) is 4.98 Å². The van der Waals surface area contributed by atoms with E-state index < -0.39 is 11.6 Å². The molecule has 0 bridgehead atoms. The van der Waals surface area contributed by atoms with Crippen LogP contribution in [-0.2, 0) is 19.6 Å². The Kier molecular flexibility index (Phi) is 7.52. The summed E-state index contributed by atoms with van der Waals surface area (Å²) < 4.78 is 32.9. The zero-order chi connectivity index (χ0) is 22.4. The van der Waals surface area contributed by atoms with Crippen molar-refractivity contribution in [3.63, 3.8) is 0 Å². The average molecular weight is 427 g/mol. The highest BCUT2D eigenvalue weighted by molar-refractivity contribution is 5.91.